The maximum absolute atomic E-state index is 14.1. The molecule has 2 aromatic rings. The second kappa shape index (κ2) is 5.77. The van der Waals surface area contributed by atoms with Crippen LogP contribution in [0.2, 0.25) is 0 Å². The molecule has 1 aromatic heterocycles. The van der Waals surface area contributed by atoms with Crippen molar-refractivity contribution in [1.82, 2.24) is 5.32 Å². The first-order chi connectivity index (χ1) is 8.54. The summed E-state index contributed by atoms with van der Waals surface area (Å²) in [6.45, 7) is 0. The molecule has 6 heteroatoms. The topological polar surface area (TPSA) is 12.0 Å². The molecule has 18 heavy (non-hydrogen) atoms. The molecule has 1 atom stereocenters. The summed E-state index contributed by atoms with van der Waals surface area (Å²) in [6, 6.07) is 3.97. The van der Waals surface area contributed by atoms with E-state index in [1.807, 2.05) is 11.4 Å². The molecule has 0 aliphatic heterocycles. The van der Waals surface area contributed by atoms with Gasteiger partial charge in [0.25, 0.3) is 0 Å². The van der Waals surface area contributed by atoms with E-state index in [4.69, 9.17) is 0 Å². The Morgan fingerprint density at radius 1 is 1.28 bits per heavy atom. The fraction of sp³-hybridized carbons (Fsp3) is 0.167. The first kappa shape index (κ1) is 14.1. The molecule has 0 spiro atoms. The van der Waals surface area contributed by atoms with Crippen molar-refractivity contribution in [3.05, 3.63) is 54.6 Å². The van der Waals surface area contributed by atoms with Gasteiger partial charge in [0.1, 0.15) is 11.6 Å². The van der Waals surface area contributed by atoms with E-state index in [0.29, 0.717) is 0 Å². The fourth-order valence-electron chi connectivity index (χ4n) is 1.76. The zero-order valence-electron chi connectivity index (χ0n) is 9.31. The molecule has 1 unspecified atom stereocenters. The van der Waals surface area contributed by atoms with Crippen LogP contribution in [-0.4, -0.2) is 7.05 Å². The van der Waals surface area contributed by atoms with Gasteiger partial charge >= 0.3 is 0 Å². The number of benzene rings is 1. The van der Waals surface area contributed by atoms with Crippen LogP contribution >= 0.6 is 43.2 Å². The van der Waals surface area contributed by atoms with Gasteiger partial charge in [-0.1, -0.05) is 0 Å². The van der Waals surface area contributed by atoms with Gasteiger partial charge in [-0.05, 0) is 68.1 Å². The lowest BCUT2D eigenvalue weighted by Gasteiger charge is -2.17. The molecule has 0 fully saturated rings. The van der Waals surface area contributed by atoms with Crippen LogP contribution in [0.3, 0.4) is 0 Å². The summed E-state index contributed by atoms with van der Waals surface area (Å²) in [4.78, 5) is 0. The molecule has 0 saturated heterocycles. The van der Waals surface area contributed by atoms with Crippen LogP contribution in [-0.2, 0) is 0 Å². The zero-order chi connectivity index (χ0) is 13.3. The highest BCUT2D eigenvalue weighted by Crippen LogP contribution is 2.33. The largest absolute Gasteiger partial charge is 0.309 e. The molecular formula is C12H9Br2F2NS. The third-order valence-electron chi connectivity index (χ3n) is 2.58. The fourth-order valence-corrected chi connectivity index (χ4v) is 3.31. The second-order valence-electron chi connectivity index (χ2n) is 3.66. The summed E-state index contributed by atoms with van der Waals surface area (Å²) in [6.07, 6.45) is 0. The van der Waals surface area contributed by atoms with Gasteiger partial charge in [0.15, 0.2) is 0 Å². The van der Waals surface area contributed by atoms with Gasteiger partial charge < -0.3 is 5.32 Å². The van der Waals surface area contributed by atoms with E-state index in [9.17, 15) is 8.78 Å². The lowest BCUT2D eigenvalue weighted by atomic mass is 10.0. The molecule has 0 aliphatic carbocycles. The van der Waals surface area contributed by atoms with Crippen molar-refractivity contribution >= 4 is 43.2 Å². The molecule has 0 aliphatic rings. The van der Waals surface area contributed by atoms with Gasteiger partial charge in [-0.2, -0.15) is 0 Å². The summed E-state index contributed by atoms with van der Waals surface area (Å²) >= 11 is 7.91. The molecular weight excluding hydrogens is 388 g/mol. The minimum atomic E-state index is -0.573. The van der Waals surface area contributed by atoms with E-state index in [0.717, 1.165) is 9.35 Å². The normalized spacial score (nSPS) is 12.7. The van der Waals surface area contributed by atoms with Crippen molar-refractivity contribution in [1.29, 1.82) is 0 Å². The third kappa shape index (κ3) is 2.66. The average Bonchev–Trinajstić information content (AvgIpc) is 2.76. The Labute approximate surface area is 124 Å². The predicted molar refractivity (Wildman–Crippen MR) is 77.0 cm³/mol. The Hall–Kier alpha value is -0.300. The van der Waals surface area contributed by atoms with E-state index >= 15 is 0 Å². The van der Waals surface area contributed by atoms with Crippen LogP contribution in [0.1, 0.15) is 17.2 Å². The van der Waals surface area contributed by atoms with Crippen LogP contribution in [0.5, 0.6) is 0 Å². The SMILES string of the molecule is CNC(c1csc(Br)c1)c1c(F)ccc(Br)c1F. The van der Waals surface area contributed by atoms with Crippen molar-refractivity contribution < 1.29 is 8.78 Å². The smallest absolute Gasteiger partial charge is 0.145 e. The lowest BCUT2D eigenvalue weighted by Crippen LogP contribution is -2.20. The predicted octanol–water partition coefficient (Wildman–Crippen LogP) is 4.86. The Kier molecular flexibility index (Phi) is 4.53. The van der Waals surface area contributed by atoms with Crippen molar-refractivity contribution in [3.63, 3.8) is 0 Å². The van der Waals surface area contributed by atoms with E-state index < -0.39 is 17.7 Å². The van der Waals surface area contributed by atoms with Gasteiger partial charge in [0.2, 0.25) is 0 Å². The van der Waals surface area contributed by atoms with Crippen LogP contribution < -0.4 is 5.32 Å². The Balaban J connectivity index is 2.55. The van der Waals surface area contributed by atoms with Crippen molar-refractivity contribution in [2.75, 3.05) is 7.05 Å². The quantitative estimate of drug-likeness (QED) is 0.730. The minimum absolute atomic E-state index is 0.0252. The molecule has 0 amide bonds. The number of halogens is 4. The van der Waals surface area contributed by atoms with E-state index in [2.05, 4.69) is 37.2 Å². The Morgan fingerprint density at radius 3 is 2.56 bits per heavy atom. The zero-order valence-corrected chi connectivity index (χ0v) is 13.3. The van der Waals surface area contributed by atoms with E-state index in [-0.39, 0.29) is 10.0 Å². The van der Waals surface area contributed by atoms with Crippen LogP contribution in [0.15, 0.2) is 31.8 Å². The molecule has 1 nitrogen and oxygen atoms in total. The van der Waals surface area contributed by atoms with Gasteiger partial charge in [-0.3, -0.25) is 0 Å². The van der Waals surface area contributed by atoms with Gasteiger partial charge in [-0.25, -0.2) is 8.78 Å². The molecule has 2 rings (SSSR count). The van der Waals surface area contributed by atoms with Crippen molar-refractivity contribution in [2.45, 2.75) is 6.04 Å². The van der Waals surface area contributed by atoms with Crippen molar-refractivity contribution in [2.24, 2.45) is 0 Å². The number of nitrogens with one attached hydrogen (secondary N) is 1. The lowest BCUT2D eigenvalue weighted by molar-refractivity contribution is 0.519. The van der Waals surface area contributed by atoms with Crippen molar-refractivity contribution in [3.8, 4) is 0 Å². The van der Waals surface area contributed by atoms with Crippen LogP contribution in [0.25, 0.3) is 0 Å². The molecule has 1 N–H and O–H groups in total. The molecule has 0 bridgehead atoms. The Morgan fingerprint density at radius 2 is 2.00 bits per heavy atom. The maximum atomic E-state index is 14.1. The highest BCUT2D eigenvalue weighted by Gasteiger charge is 2.23. The molecule has 1 heterocycles. The maximum Gasteiger partial charge on any atom is 0.145 e. The molecule has 0 saturated carbocycles. The second-order valence-corrected chi connectivity index (χ2v) is 6.81. The summed E-state index contributed by atoms with van der Waals surface area (Å²) < 4.78 is 29.1. The molecule has 0 radical (unpaired) electrons. The standard InChI is InChI=1S/C12H9Br2F2NS/c1-17-12(6-4-9(14)18-5-6)10-8(15)3-2-7(13)11(10)16/h2-5,12,17H,1H3. The first-order valence-electron chi connectivity index (χ1n) is 5.09. The molecule has 96 valence electrons. The van der Waals surface area contributed by atoms with Crippen LogP contribution in [0, 0.1) is 11.6 Å². The van der Waals surface area contributed by atoms with Gasteiger partial charge in [0, 0.05) is 5.56 Å². The van der Waals surface area contributed by atoms with E-state index in [1.54, 1.807) is 7.05 Å². The highest BCUT2D eigenvalue weighted by molar-refractivity contribution is 9.11. The number of hydrogen-bond acceptors (Lipinski definition) is 2. The van der Waals surface area contributed by atoms with Gasteiger partial charge in [-0.15, -0.1) is 11.3 Å². The molecule has 1 aromatic carbocycles. The first-order valence-corrected chi connectivity index (χ1v) is 7.55. The average molecular weight is 397 g/mol. The third-order valence-corrected chi connectivity index (χ3v) is 4.71. The summed E-state index contributed by atoms with van der Waals surface area (Å²) in [7, 11) is 1.68. The number of thiophene rings is 1. The van der Waals surface area contributed by atoms with Gasteiger partial charge in [0.05, 0.1) is 14.3 Å². The van der Waals surface area contributed by atoms with E-state index in [1.165, 1.54) is 23.5 Å². The Bertz CT molecular complexity index is 571. The number of rotatable bonds is 3. The minimum Gasteiger partial charge on any atom is -0.309 e. The number of hydrogen-bond donors (Lipinski definition) is 1. The summed E-state index contributed by atoms with van der Waals surface area (Å²) in [5.74, 6) is -1.13. The van der Waals surface area contributed by atoms with Crippen LogP contribution in [0.4, 0.5) is 8.78 Å². The summed E-state index contributed by atoms with van der Waals surface area (Å²) in [5.41, 5.74) is 0.849. The monoisotopic (exact) mass is 395 g/mol. The highest BCUT2D eigenvalue weighted by atomic mass is 79.9. The summed E-state index contributed by atoms with van der Waals surface area (Å²) in [5, 5.41) is 4.81.